The number of nitrogens with one attached hydrogen (secondary N) is 2. The molecule has 0 aromatic heterocycles. The Kier molecular flexibility index (Phi) is 4.79. The van der Waals surface area contributed by atoms with Crippen LogP contribution in [0.3, 0.4) is 0 Å². The standard InChI is InChI=1S/C12H16FN3O2/c1-7(2)10(12(18)16-14)15-11(17)8-3-5-9(13)6-4-8/h3-7,10H,14H2,1-2H3,(H,15,17)(H,16,18)/t10-/m0/s1. The van der Waals surface area contributed by atoms with Gasteiger partial charge < -0.3 is 5.32 Å². The number of hydrogen-bond acceptors (Lipinski definition) is 3. The predicted molar refractivity (Wildman–Crippen MR) is 64.8 cm³/mol. The van der Waals surface area contributed by atoms with Crippen molar-refractivity contribution in [1.82, 2.24) is 10.7 Å². The third kappa shape index (κ3) is 3.53. The van der Waals surface area contributed by atoms with Crippen LogP contribution in [0, 0.1) is 11.7 Å². The molecule has 98 valence electrons. The van der Waals surface area contributed by atoms with Gasteiger partial charge in [-0.3, -0.25) is 15.0 Å². The zero-order chi connectivity index (χ0) is 13.7. The summed E-state index contributed by atoms with van der Waals surface area (Å²) in [6.45, 7) is 3.57. The van der Waals surface area contributed by atoms with E-state index in [0.29, 0.717) is 0 Å². The van der Waals surface area contributed by atoms with Gasteiger partial charge in [0.25, 0.3) is 11.8 Å². The van der Waals surface area contributed by atoms with Crippen LogP contribution in [-0.4, -0.2) is 17.9 Å². The van der Waals surface area contributed by atoms with Gasteiger partial charge in [0.15, 0.2) is 0 Å². The van der Waals surface area contributed by atoms with Crippen molar-refractivity contribution in [3.05, 3.63) is 35.6 Å². The maximum Gasteiger partial charge on any atom is 0.256 e. The predicted octanol–water partition coefficient (Wildman–Crippen LogP) is 0.570. The minimum atomic E-state index is -0.729. The molecular weight excluding hydrogens is 237 g/mol. The average molecular weight is 253 g/mol. The number of amides is 2. The van der Waals surface area contributed by atoms with E-state index in [1.165, 1.54) is 24.3 Å². The van der Waals surface area contributed by atoms with E-state index < -0.39 is 23.7 Å². The van der Waals surface area contributed by atoms with Crippen molar-refractivity contribution in [3.8, 4) is 0 Å². The molecule has 0 fully saturated rings. The van der Waals surface area contributed by atoms with Crippen molar-refractivity contribution in [3.63, 3.8) is 0 Å². The summed E-state index contributed by atoms with van der Waals surface area (Å²) < 4.78 is 12.7. The molecule has 4 N–H and O–H groups in total. The fourth-order valence-corrected chi connectivity index (χ4v) is 1.45. The molecule has 0 spiro atoms. The van der Waals surface area contributed by atoms with Crippen LogP contribution in [0.5, 0.6) is 0 Å². The Morgan fingerprint density at radius 1 is 1.22 bits per heavy atom. The highest BCUT2D eigenvalue weighted by molar-refractivity contribution is 5.97. The molecule has 0 saturated heterocycles. The molecule has 2 amide bonds. The van der Waals surface area contributed by atoms with Crippen molar-refractivity contribution < 1.29 is 14.0 Å². The third-order valence-corrected chi connectivity index (χ3v) is 2.48. The summed E-state index contributed by atoms with van der Waals surface area (Å²) in [6.07, 6.45) is 0. The zero-order valence-corrected chi connectivity index (χ0v) is 10.2. The zero-order valence-electron chi connectivity index (χ0n) is 10.2. The van der Waals surface area contributed by atoms with Crippen molar-refractivity contribution in [2.45, 2.75) is 19.9 Å². The molecule has 0 aliphatic heterocycles. The van der Waals surface area contributed by atoms with E-state index in [9.17, 15) is 14.0 Å². The Balaban J connectivity index is 2.78. The van der Waals surface area contributed by atoms with Crippen LogP contribution in [0.15, 0.2) is 24.3 Å². The molecule has 0 aliphatic rings. The second-order valence-electron chi connectivity index (χ2n) is 4.21. The molecule has 0 unspecified atom stereocenters. The summed E-state index contributed by atoms with van der Waals surface area (Å²) in [4.78, 5) is 23.3. The maximum atomic E-state index is 12.7. The Hall–Kier alpha value is -1.95. The lowest BCUT2D eigenvalue weighted by molar-refractivity contribution is -0.124. The molecular formula is C12H16FN3O2. The second-order valence-corrected chi connectivity index (χ2v) is 4.21. The fraction of sp³-hybridized carbons (Fsp3) is 0.333. The van der Waals surface area contributed by atoms with Crippen LogP contribution in [0.1, 0.15) is 24.2 Å². The number of benzene rings is 1. The molecule has 5 nitrogen and oxygen atoms in total. The monoisotopic (exact) mass is 253 g/mol. The van der Waals surface area contributed by atoms with Gasteiger partial charge in [-0.05, 0) is 30.2 Å². The summed E-state index contributed by atoms with van der Waals surface area (Å²) in [7, 11) is 0. The molecule has 0 aliphatic carbocycles. The first-order valence-corrected chi connectivity index (χ1v) is 5.52. The van der Waals surface area contributed by atoms with Gasteiger partial charge in [-0.25, -0.2) is 10.2 Å². The lowest BCUT2D eigenvalue weighted by Gasteiger charge is -2.20. The molecule has 1 rings (SSSR count). The van der Waals surface area contributed by atoms with Crippen LogP contribution < -0.4 is 16.6 Å². The lowest BCUT2D eigenvalue weighted by Crippen LogP contribution is -2.51. The van der Waals surface area contributed by atoms with Gasteiger partial charge in [-0.2, -0.15) is 0 Å². The number of nitrogens with two attached hydrogens (primary N) is 1. The highest BCUT2D eigenvalue weighted by Gasteiger charge is 2.23. The average Bonchev–Trinajstić information content (AvgIpc) is 2.35. The number of halogens is 1. The molecule has 1 atom stereocenters. The SMILES string of the molecule is CC(C)[C@H](NC(=O)c1ccc(F)cc1)C(=O)NN. The normalized spacial score (nSPS) is 12.1. The van der Waals surface area contributed by atoms with E-state index in [2.05, 4.69) is 5.32 Å². The van der Waals surface area contributed by atoms with E-state index in [0.717, 1.165) is 0 Å². The molecule has 1 aromatic carbocycles. The lowest BCUT2D eigenvalue weighted by atomic mass is 10.0. The summed E-state index contributed by atoms with van der Waals surface area (Å²) in [5, 5.41) is 2.55. The summed E-state index contributed by atoms with van der Waals surface area (Å²) in [6, 6.07) is 4.34. The summed E-state index contributed by atoms with van der Waals surface area (Å²) in [5.41, 5.74) is 2.28. The Bertz CT molecular complexity index is 431. The minimum Gasteiger partial charge on any atom is -0.340 e. The fourth-order valence-electron chi connectivity index (χ4n) is 1.45. The first-order chi connectivity index (χ1) is 8.45. The third-order valence-electron chi connectivity index (χ3n) is 2.48. The number of hydrogen-bond donors (Lipinski definition) is 3. The highest BCUT2D eigenvalue weighted by atomic mass is 19.1. The van der Waals surface area contributed by atoms with E-state index in [1.807, 2.05) is 5.43 Å². The topological polar surface area (TPSA) is 84.2 Å². The van der Waals surface area contributed by atoms with Crippen LogP contribution in [0.4, 0.5) is 4.39 Å². The van der Waals surface area contributed by atoms with Gasteiger partial charge in [-0.1, -0.05) is 13.8 Å². The highest BCUT2D eigenvalue weighted by Crippen LogP contribution is 2.06. The van der Waals surface area contributed by atoms with E-state index >= 15 is 0 Å². The number of hydrazine groups is 1. The van der Waals surface area contributed by atoms with Gasteiger partial charge in [0.1, 0.15) is 11.9 Å². The quantitative estimate of drug-likeness (QED) is 0.416. The molecule has 0 bridgehead atoms. The van der Waals surface area contributed by atoms with E-state index in [1.54, 1.807) is 13.8 Å². The van der Waals surface area contributed by atoms with E-state index in [4.69, 9.17) is 5.84 Å². The first-order valence-electron chi connectivity index (χ1n) is 5.52. The van der Waals surface area contributed by atoms with Crippen LogP contribution in [0.25, 0.3) is 0 Å². The molecule has 18 heavy (non-hydrogen) atoms. The van der Waals surface area contributed by atoms with Gasteiger partial charge in [0.2, 0.25) is 0 Å². The Labute approximate surface area is 105 Å². The second kappa shape index (κ2) is 6.11. The van der Waals surface area contributed by atoms with Crippen molar-refractivity contribution in [2.24, 2.45) is 11.8 Å². The maximum absolute atomic E-state index is 12.7. The van der Waals surface area contributed by atoms with Gasteiger partial charge in [0, 0.05) is 5.56 Å². The Morgan fingerprint density at radius 2 is 1.78 bits per heavy atom. The number of rotatable bonds is 4. The Morgan fingerprint density at radius 3 is 2.22 bits per heavy atom. The summed E-state index contributed by atoms with van der Waals surface area (Å²) in [5.74, 6) is 3.59. The van der Waals surface area contributed by atoms with Gasteiger partial charge >= 0.3 is 0 Å². The first kappa shape index (κ1) is 14.1. The largest absolute Gasteiger partial charge is 0.340 e. The van der Waals surface area contributed by atoms with Crippen molar-refractivity contribution >= 4 is 11.8 Å². The molecule has 6 heteroatoms. The van der Waals surface area contributed by atoms with Gasteiger partial charge in [0.05, 0.1) is 0 Å². The van der Waals surface area contributed by atoms with Gasteiger partial charge in [-0.15, -0.1) is 0 Å². The molecule has 1 aromatic rings. The summed E-state index contributed by atoms with van der Waals surface area (Å²) >= 11 is 0. The van der Waals surface area contributed by atoms with Crippen LogP contribution >= 0.6 is 0 Å². The smallest absolute Gasteiger partial charge is 0.256 e. The van der Waals surface area contributed by atoms with Crippen molar-refractivity contribution in [1.29, 1.82) is 0 Å². The van der Waals surface area contributed by atoms with Crippen LogP contribution in [0.2, 0.25) is 0 Å². The molecule has 0 radical (unpaired) electrons. The number of carbonyl (C=O) groups is 2. The van der Waals surface area contributed by atoms with E-state index in [-0.39, 0.29) is 11.5 Å². The van der Waals surface area contributed by atoms with Crippen LogP contribution in [-0.2, 0) is 4.79 Å². The minimum absolute atomic E-state index is 0.113. The molecule has 0 heterocycles. The molecule has 0 saturated carbocycles. The number of carbonyl (C=O) groups excluding carboxylic acids is 2. The van der Waals surface area contributed by atoms with Crippen molar-refractivity contribution in [2.75, 3.05) is 0 Å².